The summed E-state index contributed by atoms with van der Waals surface area (Å²) in [5.41, 5.74) is 1.71. The van der Waals surface area contributed by atoms with Crippen LogP contribution in [0.15, 0.2) is 56.8 Å². The van der Waals surface area contributed by atoms with Gasteiger partial charge in [0.25, 0.3) is 0 Å². The lowest BCUT2D eigenvalue weighted by molar-refractivity contribution is 0.171. The second-order valence-electron chi connectivity index (χ2n) is 7.10. The fraction of sp³-hybridized carbons (Fsp3) is 0.318. The molecular weight excluding hydrogens is 420 g/mol. The van der Waals surface area contributed by atoms with Gasteiger partial charge >= 0.3 is 0 Å². The molecule has 164 valence electrons. The van der Waals surface area contributed by atoms with Gasteiger partial charge in [0.05, 0.1) is 4.90 Å². The minimum Gasteiger partial charge on any atom is -0.486 e. The summed E-state index contributed by atoms with van der Waals surface area (Å²) < 4.78 is 48.9. The van der Waals surface area contributed by atoms with Crippen molar-refractivity contribution in [2.24, 2.45) is 0 Å². The third-order valence-corrected chi connectivity index (χ3v) is 6.41. The SMILES string of the molecule is COCCCNc1oc(-c2cccc(C)c2)nc1S(=O)(=O)c1ccc2c(c1)OCCO2. The summed E-state index contributed by atoms with van der Waals surface area (Å²) in [4.78, 5) is 4.42. The number of aromatic nitrogens is 1. The number of sulfone groups is 1. The van der Waals surface area contributed by atoms with Crippen LogP contribution in [0.5, 0.6) is 11.5 Å². The number of hydrogen-bond donors (Lipinski definition) is 1. The van der Waals surface area contributed by atoms with Crippen molar-refractivity contribution in [1.82, 2.24) is 4.98 Å². The average molecular weight is 445 g/mol. The van der Waals surface area contributed by atoms with Gasteiger partial charge in [0.15, 0.2) is 11.5 Å². The summed E-state index contributed by atoms with van der Waals surface area (Å²) in [7, 11) is -2.36. The topological polar surface area (TPSA) is 99.9 Å². The van der Waals surface area contributed by atoms with Crippen molar-refractivity contribution in [2.75, 3.05) is 38.8 Å². The zero-order valence-electron chi connectivity index (χ0n) is 17.4. The predicted octanol–water partition coefficient (Wildman–Crippen LogP) is 3.70. The van der Waals surface area contributed by atoms with Crippen molar-refractivity contribution in [1.29, 1.82) is 0 Å². The van der Waals surface area contributed by atoms with Crippen molar-refractivity contribution in [3.63, 3.8) is 0 Å². The van der Waals surface area contributed by atoms with E-state index in [1.54, 1.807) is 13.2 Å². The van der Waals surface area contributed by atoms with Crippen molar-refractivity contribution >= 4 is 15.7 Å². The Kier molecular flexibility index (Phi) is 6.15. The van der Waals surface area contributed by atoms with E-state index in [4.69, 9.17) is 18.6 Å². The van der Waals surface area contributed by atoms with E-state index in [2.05, 4.69) is 10.3 Å². The number of aryl methyl sites for hydroxylation is 1. The van der Waals surface area contributed by atoms with E-state index in [9.17, 15) is 8.42 Å². The quantitative estimate of drug-likeness (QED) is 0.525. The fourth-order valence-electron chi connectivity index (χ4n) is 3.22. The molecular formula is C22H24N2O6S. The van der Waals surface area contributed by atoms with Crippen molar-refractivity contribution < 1.29 is 27.0 Å². The molecule has 0 saturated carbocycles. The standard InChI is InChI=1S/C22H24N2O6S/c1-15-5-3-6-16(13-15)20-24-22(21(30-20)23-9-4-10-27-2)31(25,26)17-7-8-18-19(14-17)29-12-11-28-18/h3,5-8,13-14,23H,4,9-12H2,1-2H3. The highest BCUT2D eigenvalue weighted by Gasteiger charge is 2.30. The van der Waals surface area contributed by atoms with Gasteiger partial charge in [-0.1, -0.05) is 17.7 Å². The number of oxazole rings is 1. The second-order valence-corrected chi connectivity index (χ2v) is 8.97. The van der Waals surface area contributed by atoms with Crippen LogP contribution in [-0.4, -0.2) is 46.9 Å². The van der Waals surface area contributed by atoms with Crippen LogP contribution in [0.1, 0.15) is 12.0 Å². The highest BCUT2D eigenvalue weighted by Crippen LogP contribution is 2.37. The summed E-state index contributed by atoms with van der Waals surface area (Å²) in [6, 6.07) is 12.1. The summed E-state index contributed by atoms with van der Waals surface area (Å²) in [5, 5.41) is 2.88. The first kappa shape index (κ1) is 21.2. The summed E-state index contributed by atoms with van der Waals surface area (Å²) in [6.45, 7) is 3.75. The van der Waals surface area contributed by atoms with Crippen molar-refractivity contribution in [3.05, 3.63) is 48.0 Å². The lowest BCUT2D eigenvalue weighted by Crippen LogP contribution is -2.16. The van der Waals surface area contributed by atoms with E-state index in [1.807, 2.05) is 31.2 Å². The molecule has 8 nitrogen and oxygen atoms in total. The molecule has 0 saturated heterocycles. The molecule has 0 unspecified atom stereocenters. The monoisotopic (exact) mass is 444 g/mol. The summed E-state index contributed by atoms with van der Waals surface area (Å²) in [6.07, 6.45) is 0.681. The van der Waals surface area contributed by atoms with E-state index in [0.717, 1.165) is 5.56 Å². The first-order valence-electron chi connectivity index (χ1n) is 9.94. The normalized spacial score (nSPS) is 13.2. The third kappa shape index (κ3) is 4.52. The number of benzene rings is 2. The number of methoxy groups -OCH3 is 1. The van der Waals surface area contributed by atoms with Gasteiger partial charge in [-0.25, -0.2) is 8.42 Å². The molecule has 0 radical (unpaired) electrons. The molecule has 1 aromatic heterocycles. The maximum atomic E-state index is 13.5. The Balaban J connectivity index is 1.74. The number of hydrogen-bond acceptors (Lipinski definition) is 8. The number of ether oxygens (including phenoxy) is 3. The fourth-order valence-corrected chi connectivity index (χ4v) is 4.52. The van der Waals surface area contributed by atoms with Crippen LogP contribution in [-0.2, 0) is 14.6 Å². The molecule has 2 heterocycles. The highest BCUT2D eigenvalue weighted by molar-refractivity contribution is 7.91. The molecule has 4 rings (SSSR count). The molecule has 31 heavy (non-hydrogen) atoms. The Morgan fingerprint density at radius 2 is 1.90 bits per heavy atom. The van der Waals surface area contributed by atoms with Gasteiger partial charge in [-0.3, -0.25) is 0 Å². The number of rotatable bonds is 8. The molecule has 0 amide bonds. The molecule has 1 N–H and O–H groups in total. The van der Waals surface area contributed by atoms with Gasteiger partial charge in [-0.15, -0.1) is 0 Å². The molecule has 0 bridgehead atoms. The lowest BCUT2D eigenvalue weighted by atomic mass is 10.1. The van der Waals surface area contributed by atoms with Gasteiger partial charge in [0.1, 0.15) is 13.2 Å². The summed E-state index contributed by atoms with van der Waals surface area (Å²) in [5.74, 6) is 1.24. The van der Waals surface area contributed by atoms with Crippen LogP contribution in [0.4, 0.5) is 5.88 Å². The van der Waals surface area contributed by atoms with Crippen molar-refractivity contribution in [3.8, 4) is 23.0 Å². The Labute approximate surface area is 181 Å². The Morgan fingerprint density at radius 1 is 1.10 bits per heavy atom. The van der Waals surface area contributed by atoms with Gasteiger partial charge in [0.2, 0.25) is 26.6 Å². The Bertz CT molecular complexity index is 1170. The number of anilines is 1. The highest BCUT2D eigenvalue weighted by atomic mass is 32.2. The molecule has 3 aromatic rings. The van der Waals surface area contributed by atoms with Crippen LogP contribution in [0, 0.1) is 6.92 Å². The van der Waals surface area contributed by atoms with Gasteiger partial charge in [0, 0.05) is 31.9 Å². The lowest BCUT2D eigenvalue weighted by Gasteiger charge is -2.18. The van der Waals surface area contributed by atoms with Gasteiger partial charge in [-0.05, 0) is 37.6 Å². The van der Waals surface area contributed by atoms with Gasteiger partial charge < -0.3 is 23.9 Å². The third-order valence-electron chi connectivity index (χ3n) is 4.75. The molecule has 0 aliphatic carbocycles. The second kappa shape index (κ2) is 8.99. The average Bonchev–Trinajstić information content (AvgIpc) is 3.21. The molecule has 0 spiro atoms. The van der Waals surface area contributed by atoms with E-state index in [-0.39, 0.29) is 21.7 Å². The maximum absolute atomic E-state index is 13.5. The van der Waals surface area contributed by atoms with E-state index < -0.39 is 9.84 Å². The first-order valence-corrected chi connectivity index (χ1v) is 11.4. The largest absolute Gasteiger partial charge is 0.486 e. The number of nitrogens with zero attached hydrogens (tertiary/aromatic N) is 1. The molecule has 9 heteroatoms. The molecule has 0 fully saturated rings. The molecule has 1 aliphatic rings. The number of nitrogens with one attached hydrogen (secondary N) is 1. The zero-order valence-corrected chi connectivity index (χ0v) is 18.2. The van der Waals surface area contributed by atoms with E-state index in [1.165, 1.54) is 12.1 Å². The van der Waals surface area contributed by atoms with Gasteiger partial charge in [-0.2, -0.15) is 4.98 Å². The van der Waals surface area contributed by atoms with Crippen molar-refractivity contribution in [2.45, 2.75) is 23.3 Å². The summed E-state index contributed by atoms with van der Waals surface area (Å²) >= 11 is 0. The molecule has 0 atom stereocenters. The van der Waals surface area contributed by atoms with E-state index >= 15 is 0 Å². The van der Waals surface area contributed by atoms with E-state index in [0.29, 0.717) is 49.8 Å². The first-order chi connectivity index (χ1) is 15.0. The van der Waals surface area contributed by atoms with Crippen LogP contribution >= 0.6 is 0 Å². The predicted molar refractivity (Wildman–Crippen MR) is 115 cm³/mol. The Morgan fingerprint density at radius 3 is 2.68 bits per heavy atom. The van der Waals surface area contributed by atoms with Crippen LogP contribution in [0.2, 0.25) is 0 Å². The minimum atomic E-state index is -3.98. The Hall–Kier alpha value is -3.04. The molecule has 2 aromatic carbocycles. The van der Waals surface area contributed by atoms with Crippen LogP contribution in [0.25, 0.3) is 11.5 Å². The molecule has 1 aliphatic heterocycles. The number of fused-ring (bicyclic) bond motifs is 1. The minimum absolute atomic E-state index is 0.0563. The van der Waals surface area contributed by atoms with Crippen LogP contribution < -0.4 is 14.8 Å². The van der Waals surface area contributed by atoms with Crippen LogP contribution in [0.3, 0.4) is 0 Å². The smallest absolute Gasteiger partial charge is 0.233 e. The maximum Gasteiger partial charge on any atom is 0.233 e. The zero-order chi connectivity index (χ0) is 21.8.